The first kappa shape index (κ1) is 9.37. The predicted molar refractivity (Wildman–Crippen MR) is 44.7 cm³/mol. The van der Waals surface area contributed by atoms with Crippen LogP contribution in [0.4, 0.5) is 0 Å². The van der Waals surface area contributed by atoms with Crippen LogP contribution in [0, 0.1) is 0 Å². The van der Waals surface area contributed by atoms with Gasteiger partial charge < -0.3 is 4.79 Å². The minimum absolute atomic E-state index is 0.206. The molecular weight excluding hydrogens is 200 g/mol. The van der Waals surface area contributed by atoms with Crippen LogP contribution < -0.4 is 0 Å². The van der Waals surface area contributed by atoms with Crippen molar-refractivity contribution in [1.82, 2.24) is 0 Å². The molecule has 0 fully saturated rings. The van der Waals surface area contributed by atoms with Gasteiger partial charge in [0.15, 0.2) is 5.25 Å². The summed E-state index contributed by atoms with van der Waals surface area (Å²) in [5.41, 5.74) is 0.303. The smallest absolute Gasteiger partial charge is 0.279 e. The molecule has 6 heteroatoms. The van der Waals surface area contributed by atoms with Gasteiger partial charge in [-0.3, -0.25) is 4.55 Å². The Labute approximate surface area is 73.6 Å². The van der Waals surface area contributed by atoms with E-state index in [2.05, 4.69) is 0 Å². The van der Waals surface area contributed by atoms with Crippen LogP contribution in [0.15, 0.2) is 16.8 Å². The van der Waals surface area contributed by atoms with Gasteiger partial charge in [-0.1, -0.05) is 0 Å². The quantitative estimate of drug-likeness (QED) is 0.588. The average Bonchev–Trinajstić information content (AvgIpc) is 2.38. The van der Waals surface area contributed by atoms with Crippen LogP contribution in [0.3, 0.4) is 0 Å². The van der Waals surface area contributed by atoms with Crippen LogP contribution in [0.25, 0.3) is 0 Å². The standard InChI is InChI=1S/C6H6O4S2/c7-3-6(12(8,9)10)5-1-2-11-4-5/h1-4,6H,(H,8,9,10). The summed E-state index contributed by atoms with van der Waals surface area (Å²) in [6.45, 7) is 0. The first-order chi connectivity index (χ1) is 5.55. The lowest BCUT2D eigenvalue weighted by Crippen LogP contribution is -2.12. The zero-order valence-corrected chi connectivity index (χ0v) is 7.51. The molecule has 1 heterocycles. The molecule has 1 unspecified atom stereocenters. The van der Waals surface area contributed by atoms with Crippen molar-refractivity contribution in [3.63, 3.8) is 0 Å². The average molecular weight is 206 g/mol. The SMILES string of the molecule is O=CC(c1ccsc1)S(=O)(=O)O. The van der Waals surface area contributed by atoms with Gasteiger partial charge in [-0.25, -0.2) is 0 Å². The molecule has 66 valence electrons. The van der Waals surface area contributed by atoms with E-state index in [9.17, 15) is 13.2 Å². The molecule has 0 aliphatic rings. The third-order valence-corrected chi connectivity index (χ3v) is 3.04. The molecule has 1 aromatic heterocycles. The van der Waals surface area contributed by atoms with Gasteiger partial charge in [-0.05, 0) is 22.4 Å². The highest BCUT2D eigenvalue weighted by Crippen LogP contribution is 2.21. The molecular formula is C6H6O4S2. The molecule has 0 bridgehead atoms. The fourth-order valence-electron chi connectivity index (χ4n) is 0.758. The minimum Gasteiger partial charge on any atom is -0.301 e. The first-order valence-electron chi connectivity index (χ1n) is 2.99. The number of carbonyl (C=O) groups excluding carboxylic acids is 1. The Morgan fingerprint density at radius 3 is 2.58 bits per heavy atom. The summed E-state index contributed by atoms with van der Waals surface area (Å²) in [6.07, 6.45) is 0.206. The van der Waals surface area contributed by atoms with Gasteiger partial charge in [0.1, 0.15) is 6.29 Å². The third-order valence-electron chi connectivity index (χ3n) is 1.32. The Balaban J connectivity index is 3.08. The molecule has 0 aromatic carbocycles. The molecule has 0 aliphatic heterocycles. The van der Waals surface area contributed by atoms with Crippen molar-refractivity contribution in [1.29, 1.82) is 0 Å². The number of hydrogen-bond donors (Lipinski definition) is 1. The van der Waals surface area contributed by atoms with Gasteiger partial charge in [0.05, 0.1) is 0 Å². The predicted octanol–water partition coefficient (Wildman–Crippen LogP) is 0.876. The van der Waals surface area contributed by atoms with Crippen molar-refractivity contribution in [2.45, 2.75) is 5.25 Å². The maximum atomic E-state index is 10.6. The van der Waals surface area contributed by atoms with Crippen LogP contribution in [0.2, 0.25) is 0 Å². The van der Waals surface area contributed by atoms with Crippen LogP contribution >= 0.6 is 11.3 Å². The van der Waals surface area contributed by atoms with E-state index in [4.69, 9.17) is 4.55 Å². The Morgan fingerprint density at radius 1 is 1.58 bits per heavy atom. The van der Waals surface area contributed by atoms with Crippen molar-refractivity contribution >= 4 is 27.7 Å². The highest BCUT2D eigenvalue weighted by atomic mass is 32.2. The van der Waals surface area contributed by atoms with Gasteiger partial charge >= 0.3 is 0 Å². The molecule has 0 saturated heterocycles. The Morgan fingerprint density at radius 2 is 2.25 bits per heavy atom. The number of thiophene rings is 1. The number of aldehydes is 1. The van der Waals surface area contributed by atoms with Crippen LogP contribution in [-0.4, -0.2) is 19.3 Å². The van der Waals surface area contributed by atoms with E-state index in [1.807, 2.05) is 0 Å². The molecule has 1 N–H and O–H groups in total. The number of hydrogen-bond acceptors (Lipinski definition) is 4. The Kier molecular flexibility index (Phi) is 2.61. The van der Waals surface area contributed by atoms with Crippen molar-refractivity contribution in [3.05, 3.63) is 22.4 Å². The molecule has 0 radical (unpaired) electrons. The van der Waals surface area contributed by atoms with E-state index in [0.717, 1.165) is 0 Å². The van der Waals surface area contributed by atoms with Crippen LogP contribution in [0.5, 0.6) is 0 Å². The zero-order chi connectivity index (χ0) is 9.19. The normalized spacial score (nSPS) is 14.1. The molecule has 1 aromatic rings. The van der Waals surface area contributed by atoms with Gasteiger partial charge in [-0.15, -0.1) is 0 Å². The largest absolute Gasteiger partial charge is 0.301 e. The lowest BCUT2D eigenvalue weighted by Gasteiger charge is -2.02. The van der Waals surface area contributed by atoms with Gasteiger partial charge in [0.2, 0.25) is 0 Å². The summed E-state index contributed by atoms with van der Waals surface area (Å²) >= 11 is 1.26. The molecule has 12 heavy (non-hydrogen) atoms. The lowest BCUT2D eigenvalue weighted by atomic mass is 10.3. The monoisotopic (exact) mass is 206 g/mol. The van der Waals surface area contributed by atoms with E-state index >= 15 is 0 Å². The van der Waals surface area contributed by atoms with Gasteiger partial charge in [0, 0.05) is 0 Å². The third kappa shape index (κ3) is 1.90. The van der Waals surface area contributed by atoms with Crippen molar-refractivity contribution < 1.29 is 17.8 Å². The zero-order valence-electron chi connectivity index (χ0n) is 5.88. The van der Waals surface area contributed by atoms with E-state index < -0.39 is 15.4 Å². The van der Waals surface area contributed by atoms with Crippen molar-refractivity contribution in [3.8, 4) is 0 Å². The summed E-state index contributed by atoms with van der Waals surface area (Å²) in [5.74, 6) is 0. The second-order valence-electron chi connectivity index (χ2n) is 2.13. The maximum Gasteiger partial charge on any atom is 0.279 e. The Bertz CT molecular complexity index is 351. The number of carbonyl (C=O) groups is 1. The summed E-state index contributed by atoms with van der Waals surface area (Å²) in [5, 5.41) is 1.70. The molecule has 0 saturated carbocycles. The van der Waals surface area contributed by atoms with Crippen molar-refractivity contribution in [2.24, 2.45) is 0 Å². The highest BCUT2D eigenvalue weighted by Gasteiger charge is 2.24. The summed E-state index contributed by atoms with van der Waals surface area (Å²) < 4.78 is 29.8. The molecule has 1 rings (SSSR count). The Hall–Kier alpha value is -0.720. The van der Waals surface area contributed by atoms with Crippen molar-refractivity contribution in [2.75, 3.05) is 0 Å². The second-order valence-corrected chi connectivity index (χ2v) is 4.45. The molecule has 0 spiro atoms. The summed E-state index contributed by atoms with van der Waals surface area (Å²) in [7, 11) is -4.30. The lowest BCUT2D eigenvalue weighted by molar-refractivity contribution is -0.107. The van der Waals surface area contributed by atoms with E-state index in [0.29, 0.717) is 5.56 Å². The van der Waals surface area contributed by atoms with E-state index in [1.54, 1.807) is 5.38 Å². The minimum atomic E-state index is -4.30. The van der Waals surface area contributed by atoms with Gasteiger partial charge in [0.25, 0.3) is 10.1 Å². The fourth-order valence-corrected chi connectivity index (χ4v) is 2.17. The molecule has 0 amide bonds. The fraction of sp³-hybridized carbons (Fsp3) is 0.167. The van der Waals surface area contributed by atoms with Crippen LogP contribution in [-0.2, 0) is 14.9 Å². The summed E-state index contributed by atoms with van der Waals surface area (Å²) in [6, 6.07) is 1.48. The topological polar surface area (TPSA) is 71.4 Å². The maximum absolute atomic E-state index is 10.6. The molecule has 0 aliphatic carbocycles. The van der Waals surface area contributed by atoms with E-state index in [-0.39, 0.29) is 6.29 Å². The first-order valence-corrected chi connectivity index (χ1v) is 5.44. The number of rotatable bonds is 3. The summed E-state index contributed by atoms with van der Waals surface area (Å²) in [4.78, 5) is 10.3. The highest BCUT2D eigenvalue weighted by molar-refractivity contribution is 7.86. The van der Waals surface area contributed by atoms with Crippen LogP contribution in [0.1, 0.15) is 10.8 Å². The van der Waals surface area contributed by atoms with E-state index in [1.165, 1.54) is 22.8 Å². The molecule has 4 nitrogen and oxygen atoms in total. The van der Waals surface area contributed by atoms with Gasteiger partial charge in [-0.2, -0.15) is 19.8 Å². The molecule has 1 atom stereocenters. The second kappa shape index (κ2) is 3.34.